The van der Waals surface area contributed by atoms with E-state index in [2.05, 4.69) is 30.6 Å². The van der Waals surface area contributed by atoms with Gasteiger partial charge in [0.05, 0.1) is 0 Å². The summed E-state index contributed by atoms with van der Waals surface area (Å²) < 4.78 is 0. The molecule has 1 heterocycles. The van der Waals surface area contributed by atoms with Crippen LogP contribution in [0.2, 0.25) is 0 Å². The summed E-state index contributed by atoms with van der Waals surface area (Å²) in [7, 11) is 0. The van der Waals surface area contributed by atoms with Crippen LogP contribution in [-0.4, -0.2) is 6.54 Å². The van der Waals surface area contributed by atoms with Gasteiger partial charge in [0, 0.05) is 17.1 Å². The summed E-state index contributed by atoms with van der Waals surface area (Å²) in [5.41, 5.74) is 1.28. The van der Waals surface area contributed by atoms with E-state index in [1.807, 2.05) is 0 Å². The number of hydrogen-bond acceptors (Lipinski definition) is 2. The molecule has 0 saturated heterocycles. The molecule has 0 aliphatic heterocycles. The summed E-state index contributed by atoms with van der Waals surface area (Å²) in [6.07, 6.45) is 0. The Balaban J connectivity index is 2.69. The molecule has 0 aliphatic carbocycles. The normalized spacial score (nSPS) is 9.56. The molecule has 0 amide bonds. The van der Waals surface area contributed by atoms with E-state index in [9.17, 15) is 0 Å². The van der Waals surface area contributed by atoms with Crippen molar-refractivity contribution in [2.45, 2.75) is 13.8 Å². The summed E-state index contributed by atoms with van der Waals surface area (Å²) in [5, 5.41) is 5.37. The summed E-state index contributed by atoms with van der Waals surface area (Å²) >= 11 is 1.78. The first kappa shape index (κ1) is 6.62. The minimum absolute atomic E-state index is 1.01. The first-order valence-electron chi connectivity index (χ1n) is 3.12. The lowest BCUT2D eigenvalue weighted by Crippen LogP contribution is -1.94. The highest BCUT2D eigenvalue weighted by Gasteiger charge is 1.93. The Labute approximate surface area is 59.7 Å². The smallest absolute Gasteiger partial charge is 0.0478 e. The van der Waals surface area contributed by atoms with E-state index >= 15 is 0 Å². The third-order valence-electron chi connectivity index (χ3n) is 1.23. The van der Waals surface area contributed by atoms with Gasteiger partial charge in [-0.05, 0) is 25.3 Å². The molecule has 50 valence electrons. The summed E-state index contributed by atoms with van der Waals surface area (Å²) in [5.74, 6) is 0. The fourth-order valence-electron chi connectivity index (χ4n) is 0.759. The molecule has 0 aromatic carbocycles. The molecule has 1 N–H and O–H groups in total. The lowest BCUT2D eigenvalue weighted by Gasteiger charge is -1.98. The molecular weight excluding hydrogens is 130 g/mol. The van der Waals surface area contributed by atoms with E-state index in [-0.39, 0.29) is 0 Å². The molecule has 1 nitrogen and oxygen atoms in total. The minimum atomic E-state index is 1.01. The Kier molecular flexibility index (Phi) is 2.11. The van der Waals surface area contributed by atoms with E-state index in [0.29, 0.717) is 0 Å². The molecular formula is C7H11NS. The van der Waals surface area contributed by atoms with Gasteiger partial charge in [0.15, 0.2) is 0 Å². The van der Waals surface area contributed by atoms with E-state index in [1.54, 1.807) is 11.3 Å². The van der Waals surface area contributed by atoms with Gasteiger partial charge in [0.25, 0.3) is 0 Å². The summed E-state index contributed by atoms with van der Waals surface area (Å²) in [6, 6.07) is 2.11. The number of anilines is 1. The Hall–Kier alpha value is -0.500. The lowest BCUT2D eigenvalue weighted by molar-refractivity contribution is 1.21. The van der Waals surface area contributed by atoms with Crippen molar-refractivity contribution in [2.75, 3.05) is 11.9 Å². The highest BCUT2D eigenvalue weighted by Crippen LogP contribution is 2.19. The fraction of sp³-hybridized carbons (Fsp3) is 0.429. The average molecular weight is 141 g/mol. The molecule has 0 unspecified atom stereocenters. The van der Waals surface area contributed by atoms with Crippen LogP contribution < -0.4 is 5.32 Å². The van der Waals surface area contributed by atoms with Crippen LogP contribution in [0.15, 0.2) is 11.4 Å². The molecule has 1 aromatic rings. The third kappa shape index (κ3) is 1.45. The van der Waals surface area contributed by atoms with Crippen LogP contribution in [0.4, 0.5) is 5.69 Å². The molecule has 0 bridgehead atoms. The number of rotatable bonds is 2. The zero-order valence-electron chi connectivity index (χ0n) is 5.77. The van der Waals surface area contributed by atoms with Crippen LogP contribution in [0.25, 0.3) is 0 Å². The van der Waals surface area contributed by atoms with Gasteiger partial charge in [-0.3, -0.25) is 0 Å². The maximum absolute atomic E-state index is 3.27. The number of hydrogen-bond donors (Lipinski definition) is 1. The quantitative estimate of drug-likeness (QED) is 0.667. The van der Waals surface area contributed by atoms with Crippen LogP contribution in [0.3, 0.4) is 0 Å². The van der Waals surface area contributed by atoms with Gasteiger partial charge < -0.3 is 5.32 Å². The van der Waals surface area contributed by atoms with Crippen LogP contribution in [0.5, 0.6) is 0 Å². The van der Waals surface area contributed by atoms with Gasteiger partial charge in [-0.2, -0.15) is 0 Å². The topological polar surface area (TPSA) is 12.0 Å². The van der Waals surface area contributed by atoms with E-state index < -0.39 is 0 Å². The average Bonchev–Trinajstić information content (AvgIpc) is 2.18. The minimum Gasteiger partial charge on any atom is -0.384 e. The molecule has 0 radical (unpaired) electrons. The Morgan fingerprint density at radius 2 is 2.44 bits per heavy atom. The maximum Gasteiger partial charge on any atom is 0.0478 e. The molecule has 0 saturated carbocycles. The predicted octanol–water partition coefficient (Wildman–Crippen LogP) is 2.49. The monoisotopic (exact) mass is 141 g/mol. The highest BCUT2D eigenvalue weighted by atomic mass is 32.1. The molecule has 0 spiro atoms. The summed E-state index contributed by atoms with van der Waals surface area (Å²) in [6.45, 7) is 5.25. The Morgan fingerprint density at radius 3 is 2.89 bits per heavy atom. The van der Waals surface area contributed by atoms with Crippen molar-refractivity contribution >= 4 is 17.0 Å². The van der Waals surface area contributed by atoms with Crippen LogP contribution in [0.1, 0.15) is 11.8 Å². The molecule has 1 rings (SSSR count). The van der Waals surface area contributed by atoms with Crippen LogP contribution in [-0.2, 0) is 0 Å². The molecule has 9 heavy (non-hydrogen) atoms. The largest absolute Gasteiger partial charge is 0.384 e. The van der Waals surface area contributed by atoms with E-state index in [1.165, 1.54) is 10.6 Å². The van der Waals surface area contributed by atoms with Crippen molar-refractivity contribution in [3.63, 3.8) is 0 Å². The van der Waals surface area contributed by atoms with E-state index in [0.717, 1.165) is 6.54 Å². The van der Waals surface area contributed by atoms with Crippen molar-refractivity contribution in [3.05, 3.63) is 16.3 Å². The second-order valence-corrected chi connectivity index (χ2v) is 3.04. The lowest BCUT2D eigenvalue weighted by atomic mass is 10.4. The van der Waals surface area contributed by atoms with E-state index in [4.69, 9.17) is 0 Å². The molecule has 1 aromatic heterocycles. The van der Waals surface area contributed by atoms with Gasteiger partial charge in [-0.15, -0.1) is 11.3 Å². The zero-order valence-corrected chi connectivity index (χ0v) is 6.59. The second-order valence-electron chi connectivity index (χ2n) is 1.92. The maximum atomic E-state index is 3.27. The van der Waals surface area contributed by atoms with Gasteiger partial charge in [0.2, 0.25) is 0 Å². The number of aryl methyl sites for hydroxylation is 1. The number of thiophene rings is 1. The van der Waals surface area contributed by atoms with Crippen LogP contribution in [0, 0.1) is 6.92 Å². The van der Waals surface area contributed by atoms with Gasteiger partial charge >= 0.3 is 0 Å². The fourth-order valence-corrected chi connectivity index (χ4v) is 1.43. The van der Waals surface area contributed by atoms with Gasteiger partial charge in [0.1, 0.15) is 0 Å². The van der Waals surface area contributed by atoms with Gasteiger partial charge in [-0.25, -0.2) is 0 Å². The number of nitrogens with one attached hydrogen (secondary N) is 1. The standard InChI is InChI=1S/C7H11NS/c1-3-8-7-4-5-9-6(7)2/h4-5,8H,3H2,1-2H3. The van der Waals surface area contributed by atoms with Crippen molar-refractivity contribution in [3.8, 4) is 0 Å². The molecule has 2 heteroatoms. The van der Waals surface area contributed by atoms with Crippen molar-refractivity contribution in [2.24, 2.45) is 0 Å². The molecule has 0 atom stereocenters. The SMILES string of the molecule is CCNc1ccsc1C. The zero-order chi connectivity index (χ0) is 6.69. The van der Waals surface area contributed by atoms with Crippen molar-refractivity contribution in [1.29, 1.82) is 0 Å². The summed E-state index contributed by atoms with van der Waals surface area (Å²) in [4.78, 5) is 1.37. The van der Waals surface area contributed by atoms with Gasteiger partial charge in [-0.1, -0.05) is 0 Å². The highest BCUT2D eigenvalue weighted by molar-refractivity contribution is 7.10. The second kappa shape index (κ2) is 2.87. The Bertz CT molecular complexity index is 181. The first-order chi connectivity index (χ1) is 4.34. The Morgan fingerprint density at radius 1 is 1.67 bits per heavy atom. The first-order valence-corrected chi connectivity index (χ1v) is 4.00. The predicted molar refractivity (Wildman–Crippen MR) is 43.2 cm³/mol. The molecule has 0 fully saturated rings. The van der Waals surface area contributed by atoms with Crippen molar-refractivity contribution < 1.29 is 0 Å². The molecule has 0 aliphatic rings. The van der Waals surface area contributed by atoms with Crippen molar-refractivity contribution in [1.82, 2.24) is 0 Å². The third-order valence-corrected chi connectivity index (χ3v) is 2.07. The van der Waals surface area contributed by atoms with Crippen LogP contribution >= 0.6 is 11.3 Å².